The average molecular weight is 601 g/mol. The van der Waals surface area contributed by atoms with Crippen LogP contribution in [0.1, 0.15) is 121 Å². The van der Waals surface area contributed by atoms with E-state index in [1.165, 1.54) is 56.1 Å². The maximum Gasteiger partial charge on any atom is 0.122 e. The maximum atomic E-state index is 10.9. The number of hydrogen-bond acceptors (Lipinski definition) is 6. The van der Waals surface area contributed by atoms with E-state index in [0.717, 1.165) is 36.1 Å². The van der Waals surface area contributed by atoms with Gasteiger partial charge in [-0.15, -0.1) is 0 Å². The van der Waals surface area contributed by atoms with Crippen LogP contribution in [0.3, 0.4) is 0 Å². The van der Waals surface area contributed by atoms with E-state index in [1.54, 1.807) is 0 Å². The first-order chi connectivity index (χ1) is 20.5. The number of unbranched alkanes of at least 4 members (excludes halogenated alkanes) is 7. The second-order valence-electron chi connectivity index (χ2n) is 12.7. The summed E-state index contributed by atoms with van der Waals surface area (Å²) in [5.41, 5.74) is 3.60. The monoisotopic (exact) mass is 600 g/mol. The fraction of sp³-hybridized carbons (Fsp3) is 0.676. The standard InChI is InChI=1S/C37H60O6/c1-8-11-12-13-14-15-16-17-22-43-36(6,7)35(40)27-42-34-21-19-31(24-29(34)5)37(9-2,10-3)30-18-20-33(28(4)23-30)41-26-32(39)25-38/h18-21,23-24,32,35,38-40H,8-17,22,25-27H2,1-7H3/t32-,35-/m0/s1. The molecule has 0 amide bonds. The molecule has 0 aliphatic heterocycles. The van der Waals surface area contributed by atoms with Crippen molar-refractivity contribution in [1.82, 2.24) is 0 Å². The molecule has 3 N–H and O–H groups in total. The molecule has 6 heteroatoms. The molecule has 0 fully saturated rings. The zero-order valence-electron chi connectivity index (χ0n) is 28.1. The van der Waals surface area contributed by atoms with E-state index in [0.29, 0.717) is 12.4 Å². The molecule has 0 saturated heterocycles. The highest BCUT2D eigenvalue weighted by atomic mass is 16.5. The quantitative estimate of drug-likeness (QED) is 0.119. The zero-order valence-corrected chi connectivity index (χ0v) is 28.1. The van der Waals surface area contributed by atoms with Crippen molar-refractivity contribution >= 4 is 0 Å². The largest absolute Gasteiger partial charge is 0.491 e. The van der Waals surface area contributed by atoms with Gasteiger partial charge < -0.3 is 29.5 Å². The maximum absolute atomic E-state index is 10.9. The van der Waals surface area contributed by atoms with Crippen molar-refractivity contribution in [2.24, 2.45) is 0 Å². The minimum Gasteiger partial charge on any atom is -0.491 e. The van der Waals surface area contributed by atoms with E-state index < -0.39 is 17.8 Å². The van der Waals surface area contributed by atoms with Crippen molar-refractivity contribution < 1.29 is 29.5 Å². The third kappa shape index (κ3) is 11.1. The average Bonchev–Trinajstić information content (AvgIpc) is 2.99. The number of hydrogen-bond donors (Lipinski definition) is 3. The summed E-state index contributed by atoms with van der Waals surface area (Å²) < 4.78 is 17.9. The van der Waals surface area contributed by atoms with Gasteiger partial charge in [-0.2, -0.15) is 0 Å². The third-order valence-electron chi connectivity index (χ3n) is 8.98. The molecule has 0 aliphatic carbocycles. The van der Waals surface area contributed by atoms with Gasteiger partial charge in [-0.25, -0.2) is 0 Å². The lowest BCUT2D eigenvalue weighted by Crippen LogP contribution is -2.43. The molecule has 0 saturated carbocycles. The van der Waals surface area contributed by atoms with E-state index in [-0.39, 0.29) is 25.2 Å². The molecule has 0 aromatic heterocycles. The van der Waals surface area contributed by atoms with Crippen LogP contribution in [0.25, 0.3) is 0 Å². The minimum atomic E-state index is -0.896. The molecular formula is C37H60O6. The van der Waals surface area contributed by atoms with Crippen LogP contribution in [-0.2, 0) is 10.2 Å². The Kier molecular flexibility index (Phi) is 16.1. The molecule has 2 aromatic carbocycles. The molecule has 0 spiro atoms. The first-order valence-electron chi connectivity index (χ1n) is 16.6. The minimum absolute atomic E-state index is 0.0568. The Labute approximate surface area is 261 Å². The number of aryl methyl sites for hydroxylation is 2. The summed E-state index contributed by atoms with van der Waals surface area (Å²) in [5.74, 6) is 1.48. The summed E-state index contributed by atoms with van der Waals surface area (Å²) in [5, 5.41) is 29.6. The highest BCUT2D eigenvalue weighted by Crippen LogP contribution is 2.41. The zero-order chi connectivity index (χ0) is 31.9. The summed E-state index contributed by atoms with van der Waals surface area (Å²) in [4.78, 5) is 0. The summed E-state index contributed by atoms with van der Waals surface area (Å²) in [6, 6.07) is 12.6. The number of aliphatic hydroxyl groups excluding tert-OH is 3. The Morgan fingerprint density at radius 1 is 0.698 bits per heavy atom. The van der Waals surface area contributed by atoms with Crippen LogP contribution in [-0.4, -0.2) is 59.6 Å². The number of benzene rings is 2. The van der Waals surface area contributed by atoms with E-state index in [1.807, 2.05) is 32.9 Å². The van der Waals surface area contributed by atoms with Gasteiger partial charge in [0, 0.05) is 12.0 Å². The van der Waals surface area contributed by atoms with E-state index in [4.69, 9.17) is 19.3 Å². The first kappa shape index (κ1) is 37.1. The normalized spacial score (nSPS) is 13.6. The van der Waals surface area contributed by atoms with E-state index in [2.05, 4.69) is 52.0 Å². The van der Waals surface area contributed by atoms with E-state index in [9.17, 15) is 10.2 Å². The smallest absolute Gasteiger partial charge is 0.122 e. The van der Waals surface area contributed by atoms with Crippen LogP contribution >= 0.6 is 0 Å². The van der Waals surface area contributed by atoms with Crippen LogP contribution in [0.2, 0.25) is 0 Å². The van der Waals surface area contributed by atoms with Crippen LogP contribution in [0, 0.1) is 13.8 Å². The van der Waals surface area contributed by atoms with Gasteiger partial charge in [0.1, 0.15) is 36.9 Å². The molecule has 43 heavy (non-hydrogen) atoms. The molecule has 0 radical (unpaired) electrons. The lowest BCUT2D eigenvalue weighted by atomic mass is 9.70. The number of aliphatic hydroxyl groups is 3. The summed E-state index contributed by atoms with van der Waals surface area (Å²) in [6.45, 7) is 15.2. The van der Waals surface area contributed by atoms with Crippen LogP contribution in [0.5, 0.6) is 11.5 Å². The van der Waals surface area contributed by atoms with Crippen molar-refractivity contribution in [2.75, 3.05) is 26.4 Å². The highest BCUT2D eigenvalue weighted by Gasteiger charge is 2.32. The van der Waals surface area contributed by atoms with Crippen LogP contribution in [0.15, 0.2) is 36.4 Å². The van der Waals surface area contributed by atoms with Gasteiger partial charge in [0.15, 0.2) is 0 Å². The molecule has 0 heterocycles. The first-order valence-corrected chi connectivity index (χ1v) is 16.6. The van der Waals surface area contributed by atoms with Crippen molar-refractivity contribution in [1.29, 1.82) is 0 Å². The second-order valence-corrected chi connectivity index (χ2v) is 12.7. The number of rotatable bonds is 22. The molecule has 0 unspecified atom stereocenters. The Morgan fingerprint density at radius 2 is 1.19 bits per heavy atom. The predicted molar refractivity (Wildman–Crippen MR) is 176 cm³/mol. The molecule has 6 nitrogen and oxygen atoms in total. The fourth-order valence-electron chi connectivity index (χ4n) is 5.73. The van der Waals surface area contributed by atoms with Crippen molar-refractivity contribution in [2.45, 2.75) is 136 Å². The Balaban J connectivity index is 2.00. The number of ether oxygens (including phenoxy) is 3. The summed E-state index contributed by atoms with van der Waals surface area (Å²) in [6.07, 6.45) is 10.2. The Bertz CT molecular complexity index is 1060. The molecule has 2 aromatic rings. The molecule has 0 aliphatic rings. The topological polar surface area (TPSA) is 88.4 Å². The van der Waals surface area contributed by atoms with Gasteiger partial charge in [0.2, 0.25) is 0 Å². The summed E-state index contributed by atoms with van der Waals surface area (Å²) in [7, 11) is 0. The van der Waals surface area contributed by atoms with Crippen LogP contribution in [0.4, 0.5) is 0 Å². The lowest BCUT2D eigenvalue weighted by Gasteiger charge is -2.34. The van der Waals surface area contributed by atoms with Gasteiger partial charge in [-0.1, -0.05) is 90.0 Å². The van der Waals surface area contributed by atoms with Crippen molar-refractivity contribution in [3.05, 3.63) is 58.7 Å². The molecule has 2 rings (SSSR count). The van der Waals surface area contributed by atoms with Gasteiger partial charge in [0.05, 0.1) is 12.2 Å². The predicted octanol–water partition coefficient (Wildman–Crippen LogP) is 7.82. The van der Waals surface area contributed by atoms with Gasteiger partial charge in [0.25, 0.3) is 0 Å². The SMILES string of the molecule is CCCCCCCCCCOC(C)(C)[C@@H](O)COc1ccc(C(CC)(CC)c2ccc(OC[C@@H](O)CO)c(C)c2)cc1C. The molecular weight excluding hydrogens is 540 g/mol. The lowest BCUT2D eigenvalue weighted by molar-refractivity contribution is -0.113. The third-order valence-corrected chi connectivity index (χ3v) is 8.98. The Hall–Kier alpha value is -2.12. The highest BCUT2D eigenvalue weighted by molar-refractivity contribution is 5.48. The van der Waals surface area contributed by atoms with Gasteiger partial charge >= 0.3 is 0 Å². The molecule has 0 bridgehead atoms. The molecule has 244 valence electrons. The second kappa shape index (κ2) is 18.6. The summed E-state index contributed by atoms with van der Waals surface area (Å²) >= 11 is 0. The van der Waals surface area contributed by atoms with Gasteiger partial charge in [-0.05, 0) is 81.3 Å². The Morgan fingerprint density at radius 3 is 1.65 bits per heavy atom. The van der Waals surface area contributed by atoms with Gasteiger partial charge in [-0.3, -0.25) is 0 Å². The van der Waals surface area contributed by atoms with E-state index >= 15 is 0 Å². The molecule has 2 atom stereocenters. The fourth-order valence-corrected chi connectivity index (χ4v) is 5.73. The van der Waals surface area contributed by atoms with Crippen molar-refractivity contribution in [3.8, 4) is 11.5 Å². The van der Waals surface area contributed by atoms with Crippen molar-refractivity contribution in [3.63, 3.8) is 0 Å². The van der Waals surface area contributed by atoms with Crippen LogP contribution < -0.4 is 9.47 Å².